The Morgan fingerprint density at radius 2 is 2.33 bits per heavy atom. The second-order valence-corrected chi connectivity index (χ2v) is 4.86. The van der Waals surface area contributed by atoms with E-state index in [-0.39, 0.29) is 0 Å². The average Bonchev–Trinajstić information content (AvgIpc) is 2.86. The molecule has 3 heteroatoms. The van der Waals surface area contributed by atoms with E-state index in [1.165, 1.54) is 19.3 Å². The molecule has 3 nitrogen and oxygen atoms in total. The Bertz CT molecular complexity index is 417. The lowest BCUT2D eigenvalue weighted by Gasteiger charge is -2.24. The van der Waals surface area contributed by atoms with Crippen molar-refractivity contribution in [2.45, 2.75) is 38.8 Å². The maximum atomic E-state index is 10.9. The highest BCUT2D eigenvalue weighted by Crippen LogP contribution is 2.26. The van der Waals surface area contributed by atoms with E-state index in [0.29, 0.717) is 6.04 Å². The highest BCUT2D eigenvalue weighted by atomic mass is 16.5. The molecule has 0 bridgehead atoms. The van der Waals surface area contributed by atoms with Crippen LogP contribution in [-0.2, 0) is 6.54 Å². The van der Waals surface area contributed by atoms with Crippen molar-refractivity contribution in [1.29, 1.82) is 0 Å². The number of benzene rings is 1. The number of methoxy groups -OCH3 is 1. The Labute approximate surface area is 109 Å². The standard InChI is InChI=1S/C15H21NO2/c1-3-14-5-4-8-16(14)10-13-9-12(11-17)6-7-15(13)18-2/h6-7,9,11,14H,3-5,8,10H2,1-2H3. The van der Waals surface area contributed by atoms with Gasteiger partial charge in [-0.05, 0) is 44.0 Å². The first kappa shape index (κ1) is 13.1. The van der Waals surface area contributed by atoms with Gasteiger partial charge in [0.25, 0.3) is 0 Å². The van der Waals surface area contributed by atoms with Gasteiger partial charge in [-0.2, -0.15) is 0 Å². The number of hydrogen-bond acceptors (Lipinski definition) is 3. The van der Waals surface area contributed by atoms with E-state index in [9.17, 15) is 4.79 Å². The minimum Gasteiger partial charge on any atom is -0.496 e. The van der Waals surface area contributed by atoms with Gasteiger partial charge < -0.3 is 4.74 Å². The number of carbonyl (C=O) groups is 1. The van der Waals surface area contributed by atoms with Gasteiger partial charge in [0, 0.05) is 23.7 Å². The van der Waals surface area contributed by atoms with Crippen LogP contribution in [0.25, 0.3) is 0 Å². The zero-order chi connectivity index (χ0) is 13.0. The predicted molar refractivity (Wildman–Crippen MR) is 72.1 cm³/mol. The second kappa shape index (κ2) is 6.01. The molecule has 0 amide bonds. The van der Waals surface area contributed by atoms with Crippen molar-refractivity contribution >= 4 is 6.29 Å². The van der Waals surface area contributed by atoms with Gasteiger partial charge in [-0.3, -0.25) is 9.69 Å². The van der Waals surface area contributed by atoms with Crippen LogP contribution in [0.1, 0.15) is 42.1 Å². The summed E-state index contributed by atoms with van der Waals surface area (Å²) < 4.78 is 5.38. The van der Waals surface area contributed by atoms with Gasteiger partial charge in [-0.1, -0.05) is 6.92 Å². The molecule has 1 aliphatic rings. The second-order valence-electron chi connectivity index (χ2n) is 4.86. The minimum absolute atomic E-state index is 0.676. The first-order chi connectivity index (χ1) is 8.78. The predicted octanol–water partition coefficient (Wildman–Crippen LogP) is 2.88. The van der Waals surface area contributed by atoms with Crippen LogP contribution in [-0.4, -0.2) is 30.9 Å². The number of nitrogens with zero attached hydrogens (tertiary/aromatic N) is 1. The molecule has 0 aliphatic carbocycles. The number of likely N-dealkylation sites (tertiary alicyclic amines) is 1. The Balaban J connectivity index is 2.18. The lowest BCUT2D eigenvalue weighted by atomic mass is 10.1. The zero-order valence-electron chi connectivity index (χ0n) is 11.2. The normalized spacial score (nSPS) is 20.0. The highest BCUT2D eigenvalue weighted by molar-refractivity contribution is 5.75. The fraction of sp³-hybridized carbons (Fsp3) is 0.533. The molecule has 1 saturated heterocycles. The topological polar surface area (TPSA) is 29.5 Å². The van der Waals surface area contributed by atoms with E-state index < -0.39 is 0 Å². The first-order valence-electron chi connectivity index (χ1n) is 6.64. The van der Waals surface area contributed by atoms with Gasteiger partial charge in [0.15, 0.2) is 0 Å². The third kappa shape index (κ3) is 2.72. The fourth-order valence-corrected chi connectivity index (χ4v) is 2.78. The monoisotopic (exact) mass is 247 g/mol. The molecule has 1 aliphatic heterocycles. The molecule has 18 heavy (non-hydrogen) atoms. The van der Waals surface area contributed by atoms with Crippen LogP contribution in [0, 0.1) is 0 Å². The third-order valence-electron chi connectivity index (χ3n) is 3.78. The summed E-state index contributed by atoms with van der Waals surface area (Å²) in [4.78, 5) is 13.4. The number of ether oxygens (including phenoxy) is 1. The van der Waals surface area contributed by atoms with Gasteiger partial charge in [0.1, 0.15) is 12.0 Å². The summed E-state index contributed by atoms with van der Waals surface area (Å²) in [5, 5.41) is 0. The van der Waals surface area contributed by atoms with Crippen molar-refractivity contribution in [2.75, 3.05) is 13.7 Å². The molecule has 1 atom stereocenters. The van der Waals surface area contributed by atoms with E-state index in [0.717, 1.165) is 36.3 Å². The van der Waals surface area contributed by atoms with Crippen LogP contribution < -0.4 is 4.74 Å². The lowest BCUT2D eigenvalue weighted by Crippen LogP contribution is -2.28. The van der Waals surface area contributed by atoms with Crippen molar-refractivity contribution in [3.05, 3.63) is 29.3 Å². The van der Waals surface area contributed by atoms with Crippen LogP contribution in [0.4, 0.5) is 0 Å². The van der Waals surface area contributed by atoms with Crippen molar-refractivity contribution < 1.29 is 9.53 Å². The van der Waals surface area contributed by atoms with Crippen LogP contribution in [0.2, 0.25) is 0 Å². The van der Waals surface area contributed by atoms with E-state index in [4.69, 9.17) is 4.74 Å². The SMILES string of the molecule is CCC1CCCN1Cc1cc(C=O)ccc1OC. The Morgan fingerprint density at radius 1 is 1.50 bits per heavy atom. The maximum absolute atomic E-state index is 10.9. The van der Waals surface area contributed by atoms with E-state index in [1.54, 1.807) is 13.2 Å². The Hall–Kier alpha value is -1.35. The third-order valence-corrected chi connectivity index (χ3v) is 3.78. The first-order valence-corrected chi connectivity index (χ1v) is 6.64. The van der Waals surface area contributed by atoms with E-state index >= 15 is 0 Å². The average molecular weight is 247 g/mol. The quantitative estimate of drug-likeness (QED) is 0.749. The van der Waals surface area contributed by atoms with Crippen LogP contribution in [0.15, 0.2) is 18.2 Å². The number of hydrogen-bond donors (Lipinski definition) is 0. The summed E-state index contributed by atoms with van der Waals surface area (Å²) in [6.45, 7) is 4.26. The molecule has 1 unspecified atom stereocenters. The van der Waals surface area contributed by atoms with Crippen molar-refractivity contribution in [2.24, 2.45) is 0 Å². The van der Waals surface area contributed by atoms with E-state index in [1.807, 2.05) is 12.1 Å². The molecular weight excluding hydrogens is 226 g/mol. The van der Waals surface area contributed by atoms with Crippen LogP contribution in [0.3, 0.4) is 0 Å². The Morgan fingerprint density at radius 3 is 3.00 bits per heavy atom. The summed E-state index contributed by atoms with van der Waals surface area (Å²) in [7, 11) is 1.68. The molecule has 1 aromatic carbocycles. The van der Waals surface area contributed by atoms with Gasteiger partial charge in [0.05, 0.1) is 7.11 Å². The summed E-state index contributed by atoms with van der Waals surface area (Å²) in [5.74, 6) is 0.877. The molecule has 1 fully saturated rings. The fourth-order valence-electron chi connectivity index (χ4n) is 2.78. The van der Waals surface area contributed by atoms with Gasteiger partial charge in [-0.15, -0.1) is 0 Å². The van der Waals surface area contributed by atoms with Gasteiger partial charge in [-0.25, -0.2) is 0 Å². The largest absolute Gasteiger partial charge is 0.496 e. The van der Waals surface area contributed by atoms with Crippen LogP contribution >= 0.6 is 0 Å². The number of carbonyl (C=O) groups excluding carboxylic acids is 1. The smallest absolute Gasteiger partial charge is 0.150 e. The van der Waals surface area contributed by atoms with Crippen molar-refractivity contribution in [1.82, 2.24) is 4.90 Å². The molecule has 1 heterocycles. The summed E-state index contributed by atoms with van der Waals surface area (Å²) in [6.07, 6.45) is 4.64. The highest BCUT2D eigenvalue weighted by Gasteiger charge is 2.23. The summed E-state index contributed by atoms with van der Waals surface area (Å²) >= 11 is 0. The summed E-state index contributed by atoms with van der Waals surface area (Å²) in [5.41, 5.74) is 1.83. The molecule has 1 aromatic rings. The lowest BCUT2D eigenvalue weighted by molar-refractivity contribution is 0.112. The molecule has 0 N–H and O–H groups in total. The van der Waals surface area contributed by atoms with Crippen molar-refractivity contribution in [3.63, 3.8) is 0 Å². The van der Waals surface area contributed by atoms with E-state index in [2.05, 4.69) is 11.8 Å². The molecule has 0 saturated carbocycles. The summed E-state index contributed by atoms with van der Waals surface area (Å²) in [6, 6.07) is 6.30. The molecule has 0 radical (unpaired) electrons. The zero-order valence-corrected chi connectivity index (χ0v) is 11.2. The molecule has 0 spiro atoms. The molecule has 2 rings (SSSR count). The number of rotatable bonds is 5. The van der Waals surface area contributed by atoms with Crippen LogP contribution in [0.5, 0.6) is 5.75 Å². The van der Waals surface area contributed by atoms with Gasteiger partial charge >= 0.3 is 0 Å². The maximum Gasteiger partial charge on any atom is 0.150 e. The minimum atomic E-state index is 0.676. The molecule has 0 aromatic heterocycles. The van der Waals surface area contributed by atoms with Crippen molar-refractivity contribution in [3.8, 4) is 5.75 Å². The Kier molecular flexibility index (Phi) is 4.37. The van der Waals surface area contributed by atoms with Gasteiger partial charge in [0.2, 0.25) is 0 Å². The number of aldehydes is 1. The molecule has 98 valence electrons. The molecular formula is C15H21NO2.